The van der Waals surface area contributed by atoms with Gasteiger partial charge in [0.05, 0.1) is 5.52 Å². The number of para-hydroxylation sites is 1. The summed E-state index contributed by atoms with van der Waals surface area (Å²) in [6.45, 7) is 1.70. The average molecular weight is 345 g/mol. The topological polar surface area (TPSA) is 74.6 Å². The number of aldehydes is 1. The molecule has 1 heterocycles. The van der Waals surface area contributed by atoms with Gasteiger partial charge in [0.15, 0.2) is 6.29 Å². The molecular weight excluding hydrogens is 322 g/mol. The van der Waals surface area contributed by atoms with Gasteiger partial charge in [0.25, 0.3) is 0 Å². The van der Waals surface area contributed by atoms with Crippen LogP contribution >= 0.6 is 0 Å². The zero-order valence-corrected chi connectivity index (χ0v) is 14.4. The Morgan fingerprint density at radius 1 is 1.08 bits per heavy atom. The highest BCUT2D eigenvalue weighted by Gasteiger charge is 2.14. The summed E-state index contributed by atoms with van der Waals surface area (Å²) in [5.74, 6) is -0.379. The number of carbonyl (C=O) groups is 3. The van der Waals surface area contributed by atoms with Crippen LogP contribution in [0.5, 0.6) is 0 Å². The van der Waals surface area contributed by atoms with Gasteiger partial charge in [-0.2, -0.15) is 0 Å². The number of carbonyl (C=O) groups excluding carboxylic acids is 3. The van der Waals surface area contributed by atoms with Gasteiger partial charge in [0.1, 0.15) is 0 Å². The SMILES string of the molecule is CCCCCCCC(=O)OCOC(=O)n1cc(C=O)c2ccccc21. The molecule has 6 nitrogen and oxygen atoms in total. The van der Waals surface area contributed by atoms with Gasteiger partial charge in [-0.05, 0) is 12.5 Å². The van der Waals surface area contributed by atoms with Crippen molar-refractivity contribution in [2.24, 2.45) is 0 Å². The third-order valence-corrected chi connectivity index (χ3v) is 3.95. The van der Waals surface area contributed by atoms with Crippen molar-refractivity contribution in [1.82, 2.24) is 4.57 Å². The van der Waals surface area contributed by atoms with Crippen LogP contribution < -0.4 is 0 Å². The van der Waals surface area contributed by atoms with Crippen LogP contribution in [0.25, 0.3) is 10.9 Å². The van der Waals surface area contributed by atoms with Crippen LogP contribution in [0.3, 0.4) is 0 Å². The molecule has 1 aromatic heterocycles. The smallest absolute Gasteiger partial charge is 0.421 e. The number of nitrogens with zero attached hydrogens (tertiary/aromatic N) is 1. The molecule has 0 aliphatic rings. The van der Waals surface area contributed by atoms with Crippen LogP contribution in [0.2, 0.25) is 0 Å². The van der Waals surface area contributed by atoms with Gasteiger partial charge >= 0.3 is 12.1 Å². The molecule has 25 heavy (non-hydrogen) atoms. The van der Waals surface area contributed by atoms with E-state index in [4.69, 9.17) is 9.47 Å². The molecule has 2 rings (SSSR count). The Morgan fingerprint density at radius 3 is 2.60 bits per heavy atom. The molecule has 0 atom stereocenters. The van der Waals surface area contributed by atoms with Crippen LogP contribution in [-0.4, -0.2) is 29.7 Å². The highest BCUT2D eigenvalue weighted by Crippen LogP contribution is 2.20. The number of hydrogen-bond acceptors (Lipinski definition) is 5. The Kier molecular flexibility index (Phi) is 7.19. The van der Waals surface area contributed by atoms with E-state index in [1.807, 2.05) is 0 Å². The Labute approximate surface area is 146 Å². The molecule has 0 saturated heterocycles. The third-order valence-electron chi connectivity index (χ3n) is 3.95. The molecule has 0 aliphatic carbocycles. The number of fused-ring (bicyclic) bond motifs is 1. The minimum atomic E-state index is -0.694. The molecule has 1 aromatic carbocycles. The van der Waals surface area contributed by atoms with E-state index in [1.54, 1.807) is 24.3 Å². The first-order valence-electron chi connectivity index (χ1n) is 8.55. The monoisotopic (exact) mass is 345 g/mol. The molecule has 0 bridgehead atoms. The second-order valence-electron chi connectivity index (χ2n) is 5.80. The van der Waals surface area contributed by atoms with Gasteiger partial charge in [0, 0.05) is 23.6 Å². The minimum Gasteiger partial charge on any atom is -0.428 e. The van der Waals surface area contributed by atoms with Crippen molar-refractivity contribution >= 4 is 29.3 Å². The first-order valence-corrected chi connectivity index (χ1v) is 8.55. The lowest BCUT2D eigenvalue weighted by atomic mass is 10.1. The van der Waals surface area contributed by atoms with E-state index >= 15 is 0 Å². The molecule has 134 valence electrons. The molecule has 0 aliphatic heterocycles. The normalized spacial score (nSPS) is 10.6. The summed E-state index contributed by atoms with van der Waals surface area (Å²) in [4.78, 5) is 34.8. The van der Waals surface area contributed by atoms with Crippen LogP contribution in [-0.2, 0) is 14.3 Å². The quantitative estimate of drug-likeness (QED) is 0.293. The lowest BCUT2D eigenvalue weighted by Gasteiger charge is -2.07. The van der Waals surface area contributed by atoms with E-state index in [0.29, 0.717) is 29.2 Å². The molecule has 0 radical (unpaired) electrons. The molecular formula is C19H23NO5. The molecule has 0 unspecified atom stereocenters. The number of benzene rings is 1. The Bertz CT molecular complexity index is 734. The number of hydrogen-bond donors (Lipinski definition) is 0. The van der Waals surface area contributed by atoms with E-state index in [-0.39, 0.29) is 5.97 Å². The number of unbranched alkanes of at least 4 members (excludes halogenated alkanes) is 4. The average Bonchev–Trinajstić information content (AvgIpc) is 3.00. The van der Waals surface area contributed by atoms with Gasteiger partial charge in [-0.25, -0.2) is 4.79 Å². The Morgan fingerprint density at radius 2 is 1.84 bits per heavy atom. The van der Waals surface area contributed by atoms with E-state index in [9.17, 15) is 14.4 Å². The van der Waals surface area contributed by atoms with E-state index in [0.717, 1.165) is 25.7 Å². The predicted molar refractivity (Wildman–Crippen MR) is 93.5 cm³/mol. The zero-order valence-electron chi connectivity index (χ0n) is 14.4. The Balaban J connectivity index is 1.81. The van der Waals surface area contributed by atoms with Crippen molar-refractivity contribution in [3.05, 3.63) is 36.0 Å². The van der Waals surface area contributed by atoms with E-state index < -0.39 is 12.9 Å². The molecule has 0 amide bonds. The number of esters is 1. The van der Waals surface area contributed by atoms with Gasteiger partial charge in [0.2, 0.25) is 6.79 Å². The number of rotatable bonds is 9. The first-order chi connectivity index (χ1) is 12.2. The van der Waals surface area contributed by atoms with Crippen molar-refractivity contribution in [1.29, 1.82) is 0 Å². The molecule has 0 fully saturated rings. The second-order valence-corrected chi connectivity index (χ2v) is 5.80. The fourth-order valence-electron chi connectivity index (χ4n) is 2.61. The fraction of sp³-hybridized carbons (Fsp3) is 0.421. The largest absolute Gasteiger partial charge is 0.428 e. The molecule has 2 aromatic rings. The van der Waals surface area contributed by atoms with Crippen LogP contribution in [0.15, 0.2) is 30.5 Å². The van der Waals surface area contributed by atoms with Gasteiger partial charge in [-0.15, -0.1) is 0 Å². The van der Waals surface area contributed by atoms with Crippen molar-refractivity contribution in [3.8, 4) is 0 Å². The standard InChI is InChI=1S/C19H23NO5/c1-2-3-4-5-6-11-18(22)24-14-25-19(23)20-12-15(13-21)16-9-7-8-10-17(16)20/h7-10,12-13H,2-6,11,14H2,1H3. The molecule has 0 saturated carbocycles. The van der Waals surface area contributed by atoms with Crippen LogP contribution in [0.4, 0.5) is 4.79 Å². The number of aromatic nitrogens is 1. The summed E-state index contributed by atoms with van der Waals surface area (Å²) in [7, 11) is 0. The van der Waals surface area contributed by atoms with Crippen molar-refractivity contribution in [3.63, 3.8) is 0 Å². The minimum absolute atomic E-state index is 0.322. The van der Waals surface area contributed by atoms with E-state index in [2.05, 4.69) is 6.92 Å². The zero-order chi connectivity index (χ0) is 18.1. The summed E-state index contributed by atoms with van der Waals surface area (Å²) in [6, 6.07) is 7.01. The molecule has 0 N–H and O–H groups in total. The maximum Gasteiger partial charge on any atom is 0.421 e. The maximum atomic E-state index is 12.1. The molecule has 0 spiro atoms. The fourth-order valence-corrected chi connectivity index (χ4v) is 2.61. The number of ether oxygens (including phenoxy) is 2. The van der Waals surface area contributed by atoms with Gasteiger partial charge < -0.3 is 9.47 Å². The Hall–Kier alpha value is -2.63. The maximum absolute atomic E-state index is 12.1. The lowest BCUT2D eigenvalue weighted by Crippen LogP contribution is -2.17. The third kappa shape index (κ3) is 5.17. The second kappa shape index (κ2) is 9.61. The van der Waals surface area contributed by atoms with Gasteiger partial charge in [-0.1, -0.05) is 50.8 Å². The summed E-state index contributed by atoms with van der Waals surface area (Å²) in [5, 5.41) is 0.665. The summed E-state index contributed by atoms with van der Waals surface area (Å²) in [5.41, 5.74) is 0.966. The summed E-state index contributed by atoms with van der Waals surface area (Å²) >= 11 is 0. The van der Waals surface area contributed by atoms with Crippen molar-refractivity contribution in [2.75, 3.05) is 6.79 Å². The summed E-state index contributed by atoms with van der Waals surface area (Å²) < 4.78 is 11.1. The highest BCUT2D eigenvalue weighted by molar-refractivity contribution is 6.01. The van der Waals surface area contributed by atoms with E-state index in [1.165, 1.54) is 17.2 Å². The van der Waals surface area contributed by atoms with Crippen molar-refractivity contribution < 1.29 is 23.9 Å². The first kappa shape index (κ1) is 18.7. The highest BCUT2D eigenvalue weighted by atomic mass is 16.7. The predicted octanol–water partition coefficient (Wildman–Crippen LogP) is 4.30. The lowest BCUT2D eigenvalue weighted by molar-refractivity contribution is -0.151. The van der Waals surface area contributed by atoms with Crippen LogP contribution in [0.1, 0.15) is 55.8 Å². The summed E-state index contributed by atoms with van der Waals surface area (Å²) in [6.07, 6.45) is 6.92. The molecule has 6 heteroatoms. The van der Waals surface area contributed by atoms with Gasteiger partial charge in [-0.3, -0.25) is 14.2 Å². The van der Waals surface area contributed by atoms with Crippen molar-refractivity contribution in [2.45, 2.75) is 45.4 Å². The van der Waals surface area contributed by atoms with Crippen LogP contribution in [0, 0.1) is 0 Å².